The largest absolute Gasteiger partial charge is 0.388 e. The average molecular weight is 153 g/mol. The van der Waals surface area contributed by atoms with E-state index in [4.69, 9.17) is 0 Å². The third kappa shape index (κ3) is 1.77. The van der Waals surface area contributed by atoms with Crippen LogP contribution in [0.5, 0.6) is 0 Å². The van der Waals surface area contributed by atoms with E-state index >= 15 is 0 Å². The van der Waals surface area contributed by atoms with Crippen molar-refractivity contribution in [3.63, 3.8) is 0 Å². The Morgan fingerprint density at radius 3 is 2.73 bits per heavy atom. The monoisotopic (exact) mass is 153 g/mol. The molecule has 0 aliphatic heterocycles. The van der Waals surface area contributed by atoms with Crippen LogP contribution in [0.4, 0.5) is 10.1 Å². The van der Waals surface area contributed by atoms with Crippen LogP contribution in [0.15, 0.2) is 18.2 Å². The lowest BCUT2D eigenvalue weighted by Crippen LogP contribution is -1.91. The van der Waals surface area contributed by atoms with Crippen LogP contribution >= 0.6 is 0 Å². The summed E-state index contributed by atoms with van der Waals surface area (Å²) in [6.45, 7) is 0. The molecule has 1 aromatic carbocycles. The lowest BCUT2D eigenvalue weighted by atomic mass is 10.2. The van der Waals surface area contributed by atoms with E-state index in [1.54, 1.807) is 13.1 Å². The minimum absolute atomic E-state index is 0.342. The average Bonchev–Trinajstić information content (AvgIpc) is 2.03. The quantitative estimate of drug-likeness (QED) is 0.655. The van der Waals surface area contributed by atoms with E-state index in [-0.39, 0.29) is 0 Å². The normalized spacial score (nSPS) is 9.27. The Balaban J connectivity index is 3.11. The van der Waals surface area contributed by atoms with Crippen LogP contribution in [0.25, 0.3) is 0 Å². The minimum Gasteiger partial charge on any atom is -0.388 e. The zero-order valence-corrected chi connectivity index (χ0v) is 6.10. The number of carbonyl (C=O) groups excluding carboxylic acids is 1. The van der Waals surface area contributed by atoms with Gasteiger partial charge in [0.25, 0.3) is 0 Å². The first-order valence-electron chi connectivity index (χ1n) is 3.20. The van der Waals surface area contributed by atoms with Crippen LogP contribution in [0.3, 0.4) is 0 Å². The van der Waals surface area contributed by atoms with Crippen LogP contribution in [0, 0.1) is 5.82 Å². The highest BCUT2D eigenvalue weighted by atomic mass is 19.1. The van der Waals surface area contributed by atoms with Crippen molar-refractivity contribution in [2.24, 2.45) is 0 Å². The van der Waals surface area contributed by atoms with Gasteiger partial charge in [0, 0.05) is 18.3 Å². The Hall–Kier alpha value is -1.38. The maximum Gasteiger partial charge on any atom is 0.150 e. The molecule has 11 heavy (non-hydrogen) atoms. The Kier molecular flexibility index (Phi) is 2.21. The van der Waals surface area contributed by atoms with Crippen LogP contribution in [0.1, 0.15) is 10.4 Å². The fourth-order valence-electron chi connectivity index (χ4n) is 0.825. The summed E-state index contributed by atoms with van der Waals surface area (Å²) < 4.78 is 12.6. The van der Waals surface area contributed by atoms with E-state index in [0.29, 0.717) is 17.5 Å². The Morgan fingerprint density at radius 2 is 2.18 bits per heavy atom. The number of hydrogen-bond acceptors (Lipinski definition) is 2. The van der Waals surface area contributed by atoms with Crippen LogP contribution in [0.2, 0.25) is 0 Å². The molecule has 58 valence electrons. The van der Waals surface area contributed by atoms with Gasteiger partial charge in [0.15, 0.2) is 0 Å². The van der Waals surface area contributed by atoms with Crippen LogP contribution < -0.4 is 5.32 Å². The molecule has 0 saturated carbocycles. The first-order chi connectivity index (χ1) is 5.26. The predicted molar refractivity (Wildman–Crippen MR) is 41.3 cm³/mol. The Morgan fingerprint density at radius 1 is 1.45 bits per heavy atom. The molecule has 0 radical (unpaired) electrons. The van der Waals surface area contributed by atoms with Crippen molar-refractivity contribution >= 4 is 12.0 Å². The summed E-state index contributed by atoms with van der Waals surface area (Å²) in [5, 5.41) is 2.74. The van der Waals surface area contributed by atoms with Gasteiger partial charge in [0.05, 0.1) is 0 Å². The molecule has 1 aromatic rings. The number of aldehydes is 1. The van der Waals surface area contributed by atoms with Gasteiger partial charge >= 0.3 is 0 Å². The van der Waals surface area contributed by atoms with Gasteiger partial charge in [-0.15, -0.1) is 0 Å². The van der Waals surface area contributed by atoms with E-state index in [2.05, 4.69) is 5.32 Å². The molecular formula is C8H8FNO. The van der Waals surface area contributed by atoms with Gasteiger partial charge < -0.3 is 5.32 Å². The summed E-state index contributed by atoms with van der Waals surface area (Å²) in [5.41, 5.74) is 0.946. The number of benzene rings is 1. The van der Waals surface area contributed by atoms with Crippen molar-refractivity contribution in [1.29, 1.82) is 0 Å². The summed E-state index contributed by atoms with van der Waals surface area (Å²) in [6, 6.07) is 4.09. The molecule has 0 spiro atoms. The first-order valence-corrected chi connectivity index (χ1v) is 3.20. The van der Waals surface area contributed by atoms with E-state index < -0.39 is 5.82 Å². The van der Waals surface area contributed by atoms with Crippen molar-refractivity contribution in [1.82, 2.24) is 0 Å². The molecule has 3 heteroatoms. The van der Waals surface area contributed by atoms with Crippen molar-refractivity contribution < 1.29 is 9.18 Å². The fraction of sp³-hybridized carbons (Fsp3) is 0.125. The van der Waals surface area contributed by atoms with Gasteiger partial charge in [-0.05, 0) is 18.2 Å². The number of halogens is 1. The van der Waals surface area contributed by atoms with Gasteiger partial charge in [0.2, 0.25) is 0 Å². The van der Waals surface area contributed by atoms with Crippen molar-refractivity contribution in [2.45, 2.75) is 0 Å². The second-order valence-corrected chi connectivity index (χ2v) is 2.14. The summed E-state index contributed by atoms with van der Waals surface area (Å²) in [5.74, 6) is -0.404. The molecule has 1 N–H and O–H groups in total. The van der Waals surface area contributed by atoms with E-state index in [9.17, 15) is 9.18 Å². The maximum absolute atomic E-state index is 12.6. The van der Waals surface area contributed by atoms with Crippen LogP contribution in [-0.4, -0.2) is 13.3 Å². The topological polar surface area (TPSA) is 29.1 Å². The molecule has 1 rings (SSSR count). The van der Waals surface area contributed by atoms with E-state index in [1.807, 2.05) is 0 Å². The summed E-state index contributed by atoms with van der Waals surface area (Å²) in [4.78, 5) is 10.2. The third-order valence-corrected chi connectivity index (χ3v) is 1.34. The number of rotatable bonds is 2. The highest BCUT2D eigenvalue weighted by molar-refractivity contribution is 5.76. The van der Waals surface area contributed by atoms with Gasteiger partial charge in [0.1, 0.15) is 12.1 Å². The first kappa shape index (κ1) is 7.72. The number of carbonyl (C=O) groups is 1. The van der Waals surface area contributed by atoms with Gasteiger partial charge in [-0.3, -0.25) is 4.79 Å². The molecule has 2 nitrogen and oxygen atoms in total. The standard InChI is InChI=1S/C8H8FNO/c1-10-8-3-6(5-11)2-7(9)4-8/h2-5,10H,1H3. The molecule has 0 aliphatic carbocycles. The third-order valence-electron chi connectivity index (χ3n) is 1.34. The minimum atomic E-state index is -0.404. The second-order valence-electron chi connectivity index (χ2n) is 2.14. The van der Waals surface area contributed by atoms with Crippen molar-refractivity contribution in [2.75, 3.05) is 12.4 Å². The number of hydrogen-bond donors (Lipinski definition) is 1. The molecule has 0 heterocycles. The predicted octanol–water partition coefficient (Wildman–Crippen LogP) is 1.68. The molecule has 0 bridgehead atoms. The maximum atomic E-state index is 12.6. The Bertz CT molecular complexity index is 273. The second kappa shape index (κ2) is 3.14. The molecular weight excluding hydrogens is 145 g/mol. The molecule has 0 aromatic heterocycles. The van der Waals surface area contributed by atoms with Crippen molar-refractivity contribution in [3.05, 3.63) is 29.6 Å². The van der Waals surface area contributed by atoms with Gasteiger partial charge in [-0.2, -0.15) is 0 Å². The molecule has 0 atom stereocenters. The molecule has 0 fully saturated rings. The Labute approximate surface area is 64.0 Å². The van der Waals surface area contributed by atoms with E-state index in [0.717, 1.165) is 0 Å². The summed E-state index contributed by atoms with van der Waals surface area (Å²) in [6.07, 6.45) is 0.615. The highest BCUT2D eigenvalue weighted by Crippen LogP contribution is 2.11. The van der Waals surface area contributed by atoms with Gasteiger partial charge in [-0.1, -0.05) is 0 Å². The van der Waals surface area contributed by atoms with Gasteiger partial charge in [-0.25, -0.2) is 4.39 Å². The molecule has 0 aliphatic rings. The lowest BCUT2D eigenvalue weighted by Gasteiger charge is -1.99. The lowest BCUT2D eigenvalue weighted by molar-refractivity contribution is 0.112. The fourth-order valence-corrected chi connectivity index (χ4v) is 0.825. The highest BCUT2D eigenvalue weighted by Gasteiger charge is 1.96. The van der Waals surface area contributed by atoms with E-state index in [1.165, 1.54) is 12.1 Å². The number of anilines is 1. The summed E-state index contributed by atoms with van der Waals surface area (Å²) in [7, 11) is 1.67. The zero-order chi connectivity index (χ0) is 8.27. The summed E-state index contributed by atoms with van der Waals surface area (Å²) >= 11 is 0. The smallest absolute Gasteiger partial charge is 0.150 e. The number of nitrogens with one attached hydrogen (secondary N) is 1. The van der Waals surface area contributed by atoms with Crippen molar-refractivity contribution in [3.8, 4) is 0 Å². The van der Waals surface area contributed by atoms with Crippen LogP contribution in [-0.2, 0) is 0 Å². The molecule has 0 unspecified atom stereocenters. The zero-order valence-electron chi connectivity index (χ0n) is 6.10. The molecule has 0 amide bonds. The molecule has 0 saturated heterocycles. The SMILES string of the molecule is CNc1cc(F)cc(C=O)c1.